The lowest BCUT2D eigenvalue weighted by atomic mass is 10.1. The van der Waals surface area contributed by atoms with Crippen molar-refractivity contribution in [3.05, 3.63) is 23.0 Å². The number of hydrogen-bond acceptors (Lipinski definition) is 3. The summed E-state index contributed by atoms with van der Waals surface area (Å²) in [6.07, 6.45) is 0. The van der Waals surface area contributed by atoms with Gasteiger partial charge in [0.25, 0.3) is 0 Å². The van der Waals surface area contributed by atoms with Crippen molar-refractivity contribution in [3.8, 4) is 0 Å². The predicted octanol–water partition coefficient (Wildman–Crippen LogP) is 2.10. The van der Waals surface area contributed by atoms with E-state index in [0.29, 0.717) is 17.1 Å². The first-order valence-corrected chi connectivity index (χ1v) is 5.99. The molecule has 2 aromatic rings. The van der Waals surface area contributed by atoms with Crippen LogP contribution in [0, 0.1) is 5.82 Å². The number of nitrogens with zero attached hydrogens (tertiary/aromatic N) is 4. The summed E-state index contributed by atoms with van der Waals surface area (Å²) in [7, 11) is 0. The average molecular weight is 255 g/mol. The Morgan fingerprint density at radius 3 is 2.94 bits per heavy atom. The number of hydrogen-bond donors (Lipinski definition) is 0. The van der Waals surface area contributed by atoms with Crippen molar-refractivity contribution >= 4 is 22.6 Å². The average Bonchev–Trinajstić information content (AvgIpc) is 2.61. The third-order valence-corrected chi connectivity index (χ3v) is 3.53. The summed E-state index contributed by atoms with van der Waals surface area (Å²) in [4.78, 5) is 2.30. The molecule has 1 aliphatic rings. The monoisotopic (exact) mass is 254 g/mol. The van der Waals surface area contributed by atoms with E-state index in [-0.39, 0.29) is 5.02 Å². The Morgan fingerprint density at radius 1 is 1.47 bits per heavy atom. The molecule has 1 aromatic carbocycles. The minimum atomic E-state index is -0.422. The zero-order valence-corrected chi connectivity index (χ0v) is 10.2. The summed E-state index contributed by atoms with van der Waals surface area (Å²) in [6, 6.07) is 3.22. The van der Waals surface area contributed by atoms with Crippen molar-refractivity contribution < 1.29 is 4.39 Å². The maximum atomic E-state index is 13.4. The Kier molecular flexibility index (Phi) is 2.52. The maximum Gasteiger partial charge on any atom is 0.144 e. The number of likely N-dealkylation sites (N-methyl/N-ethyl adjacent to an activating group) is 1. The van der Waals surface area contributed by atoms with Gasteiger partial charge in [-0.15, -0.1) is 5.10 Å². The van der Waals surface area contributed by atoms with E-state index in [4.69, 9.17) is 11.6 Å². The summed E-state index contributed by atoms with van der Waals surface area (Å²) < 4.78 is 15.2. The fraction of sp³-hybridized carbons (Fsp3) is 0.455. The third-order valence-electron chi connectivity index (χ3n) is 3.24. The van der Waals surface area contributed by atoms with Crippen LogP contribution in [-0.2, 0) is 0 Å². The van der Waals surface area contributed by atoms with Gasteiger partial charge >= 0.3 is 0 Å². The molecule has 0 atom stereocenters. The van der Waals surface area contributed by atoms with Gasteiger partial charge in [0.05, 0.1) is 16.6 Å². The highest BCUT2D eigenvalue weighted by Crippen LogP contribution is 2.26. The van der Waals surface area contributed by atoms with Gasteiger partial charge in [-0.2, -0.15) is 0 Å². The largest absolute Gasteiger partial charge is 0.299 e. The van der Waals surface area contributed by atoms with Crippen LogP contribution in [0.15, 0.2) is 12.1 Å². The molecule has 1 aliphatic heterocycles. The van der Waals surface area contributed by atoms with Gasteiger partial charge in [0.15, 0.2) is 0 Å². The summed E-state index contributed by atoms with van der Waals surface area (Å²) >= 11 is 5.71. The molecular formula is C11H12ClFN4. The molecule has 1 aromatic heterocycles. The standard InChI is InChI=1S/C11H12ClFN4/c1-2-16-5-7(6-16)17-11-4-9(13)8(12)3-10(11)14-15-17/h3-4,7H,2,5-6H2,1H3. The van der Waals surface area contributed by atoms with Crippen molar-refractivity contribution in [2.75, 3.05) is 19.6 Å². The molecule has 0 bridgehead atoms. The van der Waals surface area contributed by atoms with Crippen LogP contribution in [0.1, 0.15) is 13.0 Å². The van der Waals surface area contributed by atoms with Gasteiger partial charge in [-0.05, 0) is 12.6 Å². The smallest absolute Gasteiger partial charge is 0.144 e. The van der Waals surface area contributed by atoms with Crippen molar-refractivity contribution in [1.82, 2.24) is 19.9 Å². The molecule has 6 heteroatoms. The SMILES string of the molecule is CCN1CC(n2nnc3cc(Cl)c(F)cc32)C1. The number of benzene rings is 1. The zero-order chi connectivity index (χ0) is 12.0. The highest BCUT2D eigenvalue weighted by molar-refractivity contribution is 6.31. The van der Waals surface area contributed by atoms with Gasteiger partial charge in [-0.1, -0.05) is 23.7 Å². The Bertz CT molecular complexity index is 562. The fourth-order valence-corrected chi connectivity index (χ4v) is 2.32. The van der Waals surface area contributed by atoms with Crippen LogP contribution in [0.2, 0.25) is 5.02 Å². The second-order valence-corrected chi connectivity index (χ2v) is 4.70. The summed E-state index contributed by atoms with van der Waals surface area (Å²) in [5.74, 6) is -0.422. The van der Waals surface area contributed by atoms with Crippen LogP contribution in [0.5, 0.6) is 0 Å². The van der Waals surface area contributed by atoms with Gasteiger partial charge in [0.2, 0.25) is 0 Å². The van der Waals surface area contributed by atoms with Crippen LogP contribution in [0.3, 0.4) is 0 Å². The highest BCUT2D eigenvalue weighted by Gasteiger charge is 2.29. The zero-order valence-electron chi connectivity index (χ0n) is 9.40. The molecule has 0 spiro atoms. The summed E-state index contributed by atoms with van der Waals surface area (Å²) in [6.45, 7) is 5.04. The van der Waals surface area contributed by atoms with E-state index in [2.05, 4.69) is 22.1 Å². The third kappa shape index (κ3) is 1.70. The molecule has 0 N–H and O–H groups in total. The second-order valence-electron chi connectivity index (χ2n) is 4.30. The Balaban J connectivity index is 1.98. The van der Waals surface area contributed by atoms with Crippen LogP contribution in [-0.4, -0.2) is 39.5 Å². The Labute approximate surface area is 103 Å². The van der Waals surface area contributed by atoms with Gasteiger partial charge in [-0.3, -0.25) is 4.90 Å². The highest BCUT2D eigenvalue weighted by atomic mass is 35.5. The minimum Gasteiger partial charge on any atom is -0.299 e. The Hall–Kier alpha value is -1.20. The van der Waals surface area contributed by atoms with E-state index in [0.717, 1.165) is 19.6 Å². The maximum absolute atomic E-state index is 13.4. The molecule has 1 fully saturated rings. The van der Waals surface area contributed by atoms with Crippen molar-refractivity contribution in [2.45, 2.75) is 13.0 Å². The summed E-state index contributed by atoms with van der Waals surface area (Å²) in [5, 5.41) is 8.19. The number of likely N-dealkylation sites (tertiary alicyclic amines) is 1. The molecule has 4 nitrogen and oxygen atoms in total. The second kappa shape index (κ2) is 3.92. The quantitative estimate of drug-likeness (QED) is 0.823. The first kappa shape index (κ1) is 10.9. The first-order chi connectivity index (χ1) is 8.19. The molecule has 1 saturated heterocycles. The fourth-order valence-electron chi connectivity index (χ4n) is 2.16. The van der Waals surface area contributed by atoms with Gasteiger partial charge in [0.1, 0.15) is 11.3 Å². The molecule has 17 heavy (non-hydrogen) atoms. The van der Waals surface area contributed by atoms with Gasteiger partial charge < -0.3 is 0 Å². The van der Waals surface area contributed by atoms with Gasteiger partial charge in [-0.25, -0.2) is 9.07 Å². The molecule has 0 aliphatic carbocycles. The van der Waals surface area contributed by atoms with Crippen molar-refractivity contribution in [3.63, 3.8) is 0 Å². The van der Waals surface area contributed by atoms with Crippen molar-refractivity contribution in [2.24, 2.45) is 0 Å². The molecule has 0 unspecified atom stereocenters. The van der Waals surface area contributed by atoms with Crippen LogP contribution in [0.25, 0.3) is 11.0 Å². The van der Waals surface area contributed by atoms with E-state index < -0.39 is 5.82 Å². The number of fused-ring (bicyclic) bond motifs is 1. The Morgan fingerprint density at radius 2 is 2.24 bits per heavy atom. The summed E-state index contributed by atoms with van der Waals surface area (Å²) in [5.41, 5.74) is 1.36. The molecule has 2 heterocycles. The molecular weight excluding hydrogens is 243 g/mol. The number of halogens is 2. The molecule has 90 valence electrons. The topological polar surface area (TPSA) is 34.0 Å². The molecule has 0 amide bonds. The van der Waals surface area contributed by atoms with E-state index in [9.17, 15) is 4.39 Å². The van der Waals surface area contributed by atoms with Crippen molar-refractivity contribution in [1.29, 1.82) is 0 Å². The normalized spacial score (nSPS) is 17.6. The predicted molar refractivity (Wildman–Crippen MR) is 63.6 cm³/mol. The molecule has 0 saturated carbocycles. The van der Waals surface area contributed by atoms with E-state index >= 15 is 0 Å². The van der Waals surface area contributed by atoms with Crippen LogP contribution in [0.4, 0.5) is 4.39 Å². The lowest BCUT2D eigenvalue weighted by Crippen LogP contribution is -2.47. The number of aromatic nitrogens is 3. The van der Waals surface area contributed by atoms with Crippen LogP contribution < -0.4 is 0 Å². The number of rotatable bonds is 2. The van der Waals surface area contributed by atoms with E-state index in [1.54, 1.807) is 4.68 Å². The van der Waals surface area contributed by atoms with E-state index in [1.807, 2.05) is 0 Å². The first-order valence-electron chi connectivity index (χ1n) is 5.61. The van der Waals surface area contributed by atoms with Gasteiger partial charge in [0, 0.05) is 19.2 Å². The molecule has 3 rings (SSSR count). The minimum absolute atomic E-state index is 0.0911. The van der Waals surface area contributed by atoms with Crippen LogP contribution >= 0.6 is 11.6 Å². The lowest BCUT2D eigenvalue weighted by molar-refractivity contribution is 0.107. The lowest BCUT2D eigenvalue weighted by Gasteiger charge is -2.38. The molecule has 0 radical (unpaired) electrons. The van der Waals surface area contributed by atoms with E-state index in [1.165, 1.54) is 12.1 Å².